The average Bonchev–Trinajstić information content (AvgIpc) is 2.87. The summed E-state index contributed by atoms with van der Waals surface area (Å²) in [5.74, 6) is 1.70. The van der Waals surface area contributed by atoms with E-state index in [-0.39, 0.29) is 0 Å². The van der Waals surface area contributed by atoms with Crippen LogP contribution < -0.4 is 10.5 Å². The molecule has 0 radical (unpaired) electrons. The van der Waals surface area contributed by atoms with E-state index >= 15 is 0 Å². The van der Waals surface area contributed by atoms with Crippen LogP contribution in [0.2, 0.25) is 5.02 Å². The minimum absolute atomic E-state index is 0.324. The van der Waals surface area contributed by atoms with Gasteiger partial charge in [-0.25, -0.2) is 9.67 Å². The predicted octanol–water partition coefficient (Wildman–Crippen LogP) is 2.06. The number of nitrogens with two attached hydrogens (primary N) is 1. The second-order valence-electron chi connectivity index (χ2n) is 5.80. The zero-order valence-corrected chi connectivity index (χ0v) is 14.1. The van der Waals surface area contributed by atoms with Crippen LogP contribution in [0, 0.1) is 6.92 Å². The Morgan fingerprint density at radius 1 is 1.39 bits per heavy atom. The second kappa shape index (κ2) is 6.72. The summed E-state index contributed by atoms with van der Waals surface area (Å²) in [5.41, 5.74) is 7.00. The molecule has 0 saturated carbocycles. The maximum absolute atomic E-state index is 6.13. The number of hydrogen-bond donors (Lipinski definition) is 1. The fraction of sp³-hybridized carbons (Fsp3) is 0.533. The number of hydrogen-bond acceptors (Lipinski definition) is 6. The van der Waals surface area contributed by atoms with Crippen LogP contribution in [0.25, 0.3) is 0 Å². The highest BCUT2D eigenvalue weighted by Crippen LogP contribution is 2.26. The van der Waals surface area contributed by atoms with Gasteiger partial charge < -0.3 is 10.5 Å². The third-order valence-electron chi connectivity index (χ3n) is 4.13. The molecule has 1 aliphatic rings. The van der Waals surface area contributed by atoms with Gasteiger partial charge in [0.2, 0.25) is 11.8 Å². The molecule has 3 rings (SSSR count). The van der Waals surface area contributed by atoms with Crippen molar-refractivity contribution in [1.29, 1.82) is 0 Å². The molecule has 0 amide bonds. The Labute approximate surface area is 140 Å². The Morgan fingerprint density at radius 3 is 2.70 bits per heavy atom. The number of piperidine rings is 1. The van der Waals surface area contributed by atoms with Crippen molar-refractivity contribution in [3.63, 3.8) is 0 Å². The van der Waals surface area contributed by atoms with Crippen LogP contribution in [0.4, 0.5) is 5.95 Å². The van der Waals surface area contributed by atoms with Gasteiger partial charge in [0.15, 0.2) is 0 Å². The number of anilines is 1. The standard InChI is InChI=1S/C15H21ClN6O/c1-10-19-15(17)22(20-10)12-3-5-21(6-4-12)9-11-7-13(16)14(23-2)18-8-11/h7-8,12H,3-6,9H2,1-2H3,(H2,17,19,20). The first-order chi connectivity index (χ1) is 11.1. The molecule has 3 heterocycles. The third kappa shape index (κ3) is 3.56. The van der Waals surface area contributed by atoms with Gasteiger partial charge in [0.1, 0.15) is 10.8 Å². The number of rotatable bonds is 4. The fourth-order valence-electron chi connectivity index (χ4n) is 3.00. The van der Waals surface area contributed by atoms with Crippen molar-refractivity contribution >= 4 is 17.5 Å². The lowest BCUT2D eigenvalue weighted by molar-refractivity contribution is 0.174. The topological polar surface area (TPSA) is 82.1 Å². The molecular formula is C15H21ClN6O. The Hall–Kier alpha value is -1.86. The van der Waals surface area contributed by atoms with Gasteiger partial charge in [0, 0.05) is 25.8 Å². The van der Waals surface area contributed by atoms with Crippen LogP contribution in [-0.2, 0) is 6.54 Å². The number of likely N-dealkylation sites (tertiary alicyclic amines) is 1. The SMILES string of the molecule is COc1ncc(CN2CCC(n3nc(C)nc3N)CC2)cc1Cl. The normalized spacial score (nSPS) is 16.7. The van der Waals surface area contributed by atoms with Gasteiger partial charge in [-0.05, 0) is 31.4 Å². The van der Waals surface area contributed by atoms with Crippen LogP contribution in [0.1, 0.15) is 30.3 Å². The molecule has 1 aliphatic heterocycles. The van der Waals surface area contributed by atoms with Gasteiger partial charge in [0.25, 0.3) is 0 Å². The molecule has 0 aliphatic carbocycles. The van der Waals surface area contributed by atoms with E-state index < -0.39 is 0 Å². The summed E-state index contributed by atoms with van der Waals surface area (Å²) in [7, 11) is 1.57. The van der Waals surface area contributed by atoms with Gasteiger partial charge in [-0.3, -0.25) is 4.90 Å². The number of nitrogens with zero attached hydrogens (tertiary/aromatic N) is 5. The highest BCUT2D eigenvalue weighted by molar-refractivity contribution is 6.31. The number of aromatic nitrogens is 4. The first kappa shape index (κ1) is 16.0. The summed E-state index contributed by atoms with van der Waals surface area (Å²) in [5, 5.41) is 4.94. The van der Waals surface area contributed by atoms with Crippen molar-refractivity contribution < 1.29 is 4.74 Å². The molecule has 7 nitrogen and oxygen atoms in total. The first-order valence-corrected chi connectivity index (χ1v) is 8.04. The Balaban J connectivity index is 1.59. The zero-order chi connectivity index (χ0) is 16.4. The molecule has 2 aromatic rings. The molecule has 2 N–H and O–H groups in total. The minimum atomic E-state index is 0.324. The average molecular weight is 337 g/mol. The van der Waals surface area contributed by atoms with Crippen molar-refractivity contribution in [3.8, 4) is 5.88 Å². The van der Waals surface area contributed by atoms with E-state index in [1.54, 1.807) is 7.11 Å². The molecular weight excluding hydrogens is 316 g/mol. The van der Waals surface area contributed by atoms with Crippen LogP contribution in [-0.4, -0.2) is 44.8 Å². The summed E-state index contributed by atoms with van der Waals surface area (Å²) in [4.78, 5) is 10.8. The molecule has 0 atom stereocenters. The van der Waals surface area contributed by atoms with Crippen LogP contribution >= 0.6 is 11.6 Å². The molecule has 23 heavy (non-hydrogen) atoms. The number of halogens is 1. The van der Waals surface area contributed by atoms with Gasteiger partial charge in [0.05, 0.1) is 13.2 Å². The molecule has 1 saturated heterocycles. The molecule has 1 fully saturated rings. The summed E-state index contributed by atoms with van der Waals surface area (Å²) in [6.45, 7) is 4.65. The van der Waals surface area contributed by atoms with E-state index in [0.717, 1.165) is 43.9 Å². The second-order valence-corrected chi connectivity index (χ2v) is 6.21. The minimum Gasteiger partial charge on any atom is -0.480 e. The van der Waals surface area contributed by atoms with E-state index in [9.17, 15) is 0 Å². The summed E-state index contributed by atoms with van der Waals surface area (Å²) in [6.07, 6.45) is 3.82. The van der Waals surface area contributed by atoms with Crippen LogP contribution in [0.5, 0.6) is 5.88 Å². The van der Waals surface area contributed by atoms with E-state index in [2.05, 4.69) is 20.0 Å². The van der Waals surface area contributed by atoms with E-state index in [0.29, 0.717) is 22.9 Å². The van der Waals surface area contributed by atoms with Crippen molar-refractivity contribution in [1.82, 2.24) is 24.6 Å². The fourth-order valence-corrected chi connectivity index (χ4v) is 3.26. The molecule has 2 aromatic heterocycles. The smallest absolute Gasteiger partial charge is 0.232 e. The van der Waals surface area contributed by atoms with Crippen molar-refractivity contribution in [2.24, 2.45) is 0 Å². The lowest BCUT2D eigenvalue weighted by atomic mass is 10.0. The maximum Gasteiger partial charge on any atom is 0.232 e. The quantitative estimate of drug-likeness (QED) is 0.920. The van der Waals surface area contributed by atoms with Gasteiger partial charge in [-0.1, -0.05) is 11.6 Å². The Bertz CT molecular complexity index is 681. The largest absolute Gasteiger partial charge is 0.480 e. The molecule has 0 unspecified atom stereocenters. The van der Waals surface area contributed by atoms with E-state index in [1.165, 1.54) is 0 Å². The molecule has 0 spiro atoms. The Morgan fingerprint density at radius 2 is 2.13 bits per heavy atom. The van der Waals surface area contributed by atoms with Crippen LogP contribution in [0.3, 0.4) is 0 Å². The number of nitrogen functional groups attached to an aromatic ring is 1. The Kier molecular flexibility index (Phi) is 4.68. The number of pyridine rings is 1. The first-order valence-electron chi connectivity index (χ1n) is 7.66. The highest BCUT2D eigenvalue weighted by atomic mass is 35.5. The summed E-state index contributed by atoms with van der Waals surface area (Å²) < 4.78 is 6.94. The monoisotopic (exact) mass is 336 g/mol. The van der Waals surface area contributed by atoms with Crippen molar-refractivity contribution in [3.05, 3.63) is 28.7 Å². The van der Waals surface area contributed by atoms with E-state index in [4.69, 9.17) is 22.1 Å². The molecule has 124 valence electrons. The molecule has 8 heteroatoms. The lowest BCUT2D eigenvalue weighted by Crippen LogP contribution is -2.34. The third-order valence-corrected chi connectivity index (χ3v) is 4.40. The zero-order valence-electron chi connectivity index (χ0n) is 13.4. The van der Waals surface area contributed by atoms with E-state index in [1.807, 2.05) is 23.9 Å². The maximum atomic E-state index is 6.13. The molecule has 0 aromatic carbocycles. The van der Waals surface area contributed by atoms with Gasteiger partial charge >= 0.3 is 0 Å². The lowest BCUT2D eigenvalue weighted by Gasteiger charge is -2.32. The number of ether oxygens (including phenoxy) is 1. The number of aryl methyl sites for hydroxylation is 1. The van der Waals surface area contributed by atoms with Gasteiger partial charge in [-0.15, -0.1) is 0 Å². The summed E-state index contributed by atoms with van der Waals surface area (Å²) in [6, 6.07) is 2.24. The number of methoxy groups -OCH3 is 1. The highest BCUT2D eigenvalue weighted by Gasteiger charge is 2.23. The van der Waals surface area contributed by atoms with Crippen molar-refractivity contribution in [2.75, 3.05) is 25.9 Å². The van der Waals surface area contributed by atoms with Gasteiger partial charge in [-0.2, -0.15) is 10.1 Å². The van der Waals surface area contributed by atoms with Crippen molar-refractivity contribution in [2.45, 2.75) is 32.4 Å². The van der Waals surface area contributed by atoms with Crippen LogP contribution in [0.15, 0.2) is 12.3 Å². The predicted molar refractivity (Wildman–Crippen MR) is 88.5 cm³/mol. The summed E-state index contributed by atoms with van der Waals surface area (Å²) >= 11 is 6.13. The molecule has 0 bridgehead atoms.